The van der Waals surface area contributed by atoms with Crippen LogP contribution < -0.4 is 0 Å². The number of aliphatic hydroxyl groups is 1. The van der Waals surface area contributed by atoms with Crippen LogP contribution in [0.25, 0.3) is 0 Å². The molecule has 0 aliphatic heterocycles. The smallest absolute Gasteiger partial charge is 0.390 e. The van der Waals surface area contributed by atoms with E-state index in [0.29, 0.717) is 0 Å². The van der Waals surface area contributed by atoms with Crippen LogP contribution in [-0.4, -0.2) is 10.1 Å². The van der Waals surface area contributed by atoms with Gasteiger partial charge in [0.25, 0.3) is 0 Å². The van der Waals surface area contributed by atoms with Crippen LogP contribution >= 0.6 is 11.6 Å². The highest BCUT2D eigenvalue weighted by Gasteiger charge is 2.36. The lowest BCUT2D eigenvalue weighted by molar-refractivity contribution is -0.138. The summed E-state index contributed by atoms with van der Waals surface area (Å²) in [5, 5.41) is 8.13. The summed E-state index contributed by atoms with van der Waals surface area (Å²) in [6, 6.07) is 1.03. The Morgan fingerprint density at radius 3 is 2.46 bits per heavy atom. The number of aliphatic hydroxyl groups excluding tert-OH is 1. The maximum atomic E-state index is 12.3. The first kappa shape index (κ1) is 10.3. The Bertz CT molecular complexity index is 313. The molecule has 6 heteroatoms. The minimum atomic E-state index is -4.58. The zero-order valence-corrected chi connectivity index (χ0v) is 7.02. The van der Waals surface area contributed by atoms with Gasteiger partial charge in [0.15, 0.2) is 0 Å². The normalized spacial score (nSPS) is 11.8. The van der Waals surface area contributed by atoms with Crippen molar-refractivity contribution in [3.8, 4) is 0 Å². The fourth-order valence-electron chi connectivity index (χ4n) is 0.897. The molecule has 72 valence electrons. The summed E-state index contributed by atoms with van der Waals surface area (Å²) in [5.41, 5.74) is -1.53. The Hall–Kier alpha value is -0.810. The van der Waals surface area contributed by atoms with E-state index in [1.165, 1.54) is 0 Å². The van der Waals surface area contributed by atoms with Crippen LogP contribution in [0.4, 0.5) is 13.2 Å². The molecule has 0 amide bonds. The number of pyridine rings is 1. The summed E-state index contributed by atoms with van der Waals surface area (Å²) in [7, 11) is 0. The summed E-state index contributed by atoms with van der Waals surface area (Å²) in [6.07, 6.45) is -3.47. The fraction of sp³-hybridized carbons (Fsp3) is 0.286. The van der Waals surface area contributed by atoms with Crippen molar-refractivity contribution in [2.45, 2.75) is 12.8 Å². The van der Waals surface area contributed by atoms with E-state index in [4.69, 9.17) is 16.7 Å². The van der Waals surface area contributed by atoms with Crippen LogP contribution in [0.1, 0.15) is 11.3 Å². The standard InChI is InChI=1S/C7H5ClF3NO/c8-4-1-2-12-5(3-13)6(4)7(9,10)11/h1-2,13H,3H2. The molecule has 1 heterocycles. The Kier molecular flexibility index (Phi) is 2.77. The Labute approximate surface area is 77.0 Å². The number of nitrogens with zero attached hydrogens (tertiary/aromatic N) is 1. The molecule has 0 fully saturated rings. The number of rotatable bonds is 1. The van der Waals surface area contributed by atoms with Crippen molar-refractivity contribution in [3.05, 3.63) is 28.5 Å². The maximum absolute atomic E-state index is 12.3. The predicted molar refractivity (Wildman–Crippen MR) is 40.2 cm³/mol. The van der Waals surface area contributed by atoms with Gasteiger partial charge in [-0.2, -0.15) is 13.2 Å². The quantitative estimate of drug-likeness (QED) is 0.773. The maximum Gasteiger partial charge on any atom is 0.419 e. The molecule has 1 rings (SSSR count). The highest BCUT2D eigenvalue weighted by atomic mass is 35.5. The van der Waals surface area contributed by atoms with E-state index in [2.05, 4.69) is 4.98 Å². The molecule has 0 unspecified atom stereocenters. The Balaban J connectivity index is 3.32. The molecule has 0 spiro atoms. The van der Waals surface area contributed by atoms with E-state index in [9.17, 15) is 13.2 Å². The van der Waals surface area contributed by atoms with Gasteiger partial charge in [0.05, 0.1) is 22.9 Å². The minimum Gasteiger partial charge on any atom is -0.390 e. The van der Waals surface area contributed by atoms with E-state index in [1.807, 2.05) is 0 Å². The third-order valence-electron chi connectivity index (χ3n) is 1.41. The molecule has 0 atom stereocenters. The number of hydrogen-bond donors (Lipinski definition) is 1. The highest BCUT2D eigenvalue weighted by Crippen LogP contribution is 2.36. The highest BCUT2D eigenvalue weighted by molar-refractivity contribution is 6.31. The van der Waals surface area contributed by atoms with Crippen molar-refractivity contribution in [2.24, 2.45) is 0 Å². The molecule has 2 nitrogen and oxygen atoms in total. The van der Waals surface area contributed by atoms with Gasteiger partial charge in [-0.1, -0.05) is 11.6 Å². The number of halogens is 4. The lowest BCUT2D eigenvalue weighted by Crippen LogP contribution is -2.11. The van der Waals surface area contributed by atoms with Crippen molar-refractivity contribution < 1.29 is 18.3 Å². The van der Waals surface area contributed by atoms with Crippen molar-refractivity contribution >= 4 is 11.6 Å². The minimum absolute atomic E-state index is 0.452. The average Bonchev–Trinajstić information content (AvgIpc) is 2.01. The zero-order valence-electron chi connectivity index (χ0n) is 6.27. The molecule has 0 aromatic carbocycles. The molecular weight excluding hydrogens is 207 g/mol. The molecule has 1 aromatic rings. The molecule has 1 aromatic heterocycles. The van der Waals surface area contributed by atoms with Gasteiger partial charge < -0.3 is 5.11 Å². The molecular formula is C7H5ClF3NO. The van der Waals surface area contributed by atoms with E-state index in [0.717, 1.165) is 12.3 Å². The molecule has 0 bridgehead atoms. The summed E-state index contributed by atoms with van der Waals surface area (Å²) in [5.74, 6) is 0. The lowest BCUT2D eigenvalue weighted by Gasteiger charge is -2.11. The van der Waals surface area contributed by atoms with E-state index in [-0.39, 0.29) is 0 Å². The average molecular weight is 212 g/mol. The van der Waals surface area contributed by atoms with Crippen LogP contribution in [0.5, 0.6) is 0 Å². The summed E-state index contributed by atoms with van der Waals surface area (Å²) >= 11 is 5.32. The van der Waals surface area contributed by atoms with E-state index >= 15 is 0 Å². The van der Waals surface area contributed by atoms with Gasteiger partial charge in [-0.3, -0.25) is 4.98 Å². The molecule has 0 saturated carbocycles. The summed E-state index contributed by atoms with van der Waals surface area (Å²) in [4.78, 5) is 3.37. The second-order valence-electron chi connectivity index (χ2n) is 2.27. The molecule has 0 radical (unpaired) electrons. The zero-order chi connectivity index (χ0) is 10.1. The van der Waals surface area contributed by atoms with Crippen molar-refractivity contribution in [1.82, 2.24) is 4.98 Å². The molecule has 0 aliphatic rings. The van der Waals surface area contributed by atoms with Crippen molar-refractivity contribution in [2.75, 3.05) is 0 Å². The monoisotopic (exact) mass is 211 g/mol. The summed E-state index contributed by atoms with van der Waals surface area (Å²) < 4.78 is 36.8. The largest absolute Gasteiger partial charge is 0.419 e. The van der Waals surface area contributed by atoms with Gasteiger partial charge in [0.2, 0.25) is 0 Å². The van der Waals surface area contributed by atoms with Crippen molar-refractivity contribution in [1.29, 1.82) is 0 Å². The predicted octanol–water partition coefficient (Wildman–Crippen LogP) is 2.25. The van der Waals surface area contributed by atoms with Crippen LogP contribution in [-0.2, 0) is 12.8 Å². The van der Waals surface area contributed by atoms with Gasteiger partial charge in [-0.25, -0.2) is 0 Å². The van der Waals surface area contributed by atoms with Gasteiger partial charge in [0.1, 0.15) is 0 Å². The Morgan fingerprint density at radius 1 is 1.46 bits per heavy atom. The number of alkyl halides is 3. The van der Waals surface area contributed by atoms with Crippen LogP contribution in [0.3, 0.4) is 0 Å². The number of hydrogen-bond acceptors (Lipinski definition) is 2. The fourth-order valence-corrected chi connectivity index (χ4v) is 1.17. The first-order valence-corrected chi connectivity index (χ1v) is 3.66. The van der Waals surface area contributed by atoms with Crippen molar-refractivity contribution in [3.63, 3.8) is 0 Å². The van der Waals surface area contributed by atoms with Gasteiger partial charge in [-0.15, -0.1) is 0 Å². The molecule has 0 saturated heterocycles. The van der Waals surface area contributed by atoms with Gasteiger partial charge in [0, 0.05) is 6.20 Å². The first-order valence-electron chi connectivity index (χ1n) is 3.28. The molecule has 1 N–H and O–H groups in total. The third-order valence-corrected chi connectivity index (χ3v) is 1.73. The van der Waals surface area contributed by atoms with E-state index in [1.54, 1.807) is 0 Å². The number of aromatic nitrogens is 1. The summed E-state index contributed by atoms with van der Waals surface area (Å²) in [6.45, 7) is -0.782. The van der Waals surface area contributed by atoms with E-state index < -0.39 is 29.1 Å². The third kappa shape index (κ3) is 2.10. The van der Waals surface area contributed by atoms with Crippen LogP contribution in [0, 0.1) is 0 Å². The van der Waals surface area contributed by atoms with Crippen LogP contribution in [0.15, 0.2) is 12.3 Å². The van der Waals surface area contributed by atoms with Crippen LogP contribution in [0.2, 0.25) is 5.02 Å². The SMILES string of the molecule is OCc1nccc(Cl)c1C(F)(F)F. The van der Waals surface area contributed by atoms with Gasteiger partial charge in [-0.05, 0) is 6.07 Å². The lowest BCUT2D eigenvalue weighted by atomic mass is 10.2. The second-order valence-corrected chi connectivity index (χ2v) is 2.68. The molecule has 0 aliphatic carbocycles. The Morgan fingerprint density at radius 2 is 2.08 bits per heavy atom. The first-order chi connectivity index (χ1) is 5.96. The topological polar surface area (TPSA) is 33.1 Å². The second kappa shape index (κ2) is 3.51. The van der Waals surface area contributed by atoms with Gasteiger partial charge >= 0.3 is 6.18 Å². The molecule has 13 heavy (non-hydrogen) atoms.